The largest absolute Gasteiger partial charge is 0.370 e. The zero-order valence-corrected chi connectivity index (χ0v) is 15.7. The Labute approximate surface area is 164 Å². The first kappa shape index (κ1) is 20.9. The number of anilines is 3. The molecule has 0 aliphatic heterocycles. The van der Waals surface area contributed by atoms with Crippen molar-refractivity contribution in [3.05, 3.63) is 52.6 Å². The zero-order valence-electron chi connectivity index (χ0n) is 14.1. The molecule has 28 heavy (non-hydrogen) atoms. The SMILES string of the molecule is NC(N)=NC(=O)Nc1ccc(Nc2ccc(S(=O)(=O)CCl)cc2[N+](=O)[O-])cc1. The van der Waals surface area contributed by atoms with Crippen LogP contribution in [0.4, 0.5) is 27.5 Å². The Morgan fingerprint density at radius 1 is 1.14 bits per heavy atom. The lowest BCUT2D eigenvalue weighted by atomic mass is 10.2. The fourth-order valence-electron chi connectivity index (χ4n) is 2.09. The number of nitro groups is 1. The van der Waals surface area contributed by atoms with E-state index in [-0.39, 0.29) is 16.5 Å². The number of urea groups is 1. The first-order valence-corrected chi connectivity index (χ1v) is 9.66. The van der Waals surface area contributed by atoms with Gasteiger partial charge in [-0.3, -0.25) is 10.1 Å². The first-order valence-electron chi connectivity index (χ1n) is 7.47. The third kappa shape index (κ3) is 5.31. The molecule has 0 aliphatic carbocycles. The maximum absolute atomic E-state index is 11.8. The molecule has 2 rings (SSSR count). The Bertz CT molecular complexity index is 1040. The van der Waals surface area contributed by atoms with E-state index in [9.17, 15) is 23.3 Å². The molecule has 0 atom stereocenters. The molecule has 0 saturated heterocycles. The lowest BCUT2D eigenvalue weighted by Crippen LogP contribution is -2.25. The molecule has 2 aromatic carbocycles. The predicted octanol–water partition coefficient (Wildman–Crippen LogP) is 2.11. The standard InChI is InChI=1S/C15H15ClN6O5S/c16-8-28(26,27)11-5-6-12(13(7-11)22(24)25)19-9-1-3-10(4-2-9)20-15(23)21-14(17)18/h1-7,19H,8H2,(H5,17,18,20,21,23). The molecule has 0 heterocycles. The number of nitrogens with zero attached hydrogens (tertiary/aromatic N) is 2. The summed E-state index contributed by atoms with van der Waals surface area (Å²) in [6, 6.07) is 8.78. The molecule has 0 saturated carbocycles. The van der Waals surface area contributed by atoms with Gasteiger partial charge in [0.1, 0.15) is 10.9 Å². The first-order chi connectivity index (χ1) is 13.1. The van der Waals surface area contributed by atoms with Crippen LogP contribution >= 0.6 is 11.6 Å². The topological polar surface area (TPSA) is 183 Å². The number of nitrogens with one attached hydrogen (secondary N) is 2. The summed E-state index contributed by atoms with van der Waals surface area (Å²) in [5, 5.41) is 15.8. The van der Waals surface area contributed by atoms with E-state index in [0.717, 1.165) is 6.07 Å². The van der Waals surface area contributed by atoms with Crippen molar-refractivity contribution in [3.63, 3.8) is 0 Å². The van der Waals surface area contributed by atoms with Crippen molar-refractivity contribution in [3.8, 4) is 0 Å². The highest BCUT2D eigenvalue weighted by atomic mass is 35.5. The average Bonchev–Trinajstić information content (AvgIpc) is 2.62. The number of hydrogen-bond donors (Lipinski definition) is 4. The molecule has 11 nitrogen and oxygen atoms in total. The number of aliphatic imine (C=N–C) groups is 1. The number of benzene rings is 2. The van der Waals surface area contributed by atoms with Crippen LogP contribution in [0.25, 0.3) is 0 Å². The Balaban J connectivity index is 2.24. The molecular formula is C15H15ClN6O5S. The summed E-state index contributed by atoms with van der Waals surface area (Å²) in [5.41, 5.74) is 10.7. The number of carbonyl (C=O) groups is 1. The predicted molar refractivity (Wildman–Crippen MR) is 106 cm³/mol. The normalized spacial score (nSPS) is 10.8. The molecule has 148 valence electrons. The minimum Gasteiger partial charge on any atom is -0.370 e. The quantitative estimate of drug-likeness (QED) is 0.178. The Hall–Kier alpha value is -3.38. The van der Waals surface area contributed by atoms with Crippen LogP contribution < -0.4 is 22.1 Å². The summed E-state index contributed by atoms with van der Waals surface area (Å²) in [5.74, 6) is -0.386. The second-order valence-corrected chi connectivity index (χ2v) is 7.90. The van der Waals surface area contributed by atoms with Gasteiger partial charge in [0.2, 0.25) is 0 Å². The van der Waals surface area contributed by atoms with Gasteiger partial charge in [0.15, 0.2) is 15.8 Å². The van der Waals surface area contributed by atoms with Gasteiger partial charge in [-0.1, -0.05) is 0 Å². The summed E-state index contributed by atoms with van der Waals surface area (Å²) in [6.07, 6.45) is 0. The Morgan fingerprint density at radius 3 is 2.29 bits per heavy atom. The summed E-state index contributed by atoms with van der Waals surface area (Å²) in [4.78, 5) is 25.1. The number of nitro benzene ring substituents is 1. The minimum absolute atomic E-state index is 0.0795. The molecule has 0 unspecified atom stereocenters. The highest BCUT2D eigenvalue weighted by Crippen LogP contribution is 2.31. The van der Waals surface area contributed by atoms with Gasteiger partial charge in [-0.2, -0.15) is 4.99 Å². The molecule has 0 radical (unpaired) electrons. The van der Waals surface area contributed by atoms with Crippen LogP contribution in [0, 0.1) is 10.1 Å². The summed E-state index contributed by atoms with van der Waals surface area (Å²) in [6.45, 7) is 0. The van der Waals surface area contributed by atoms with Crippen LogP contribution in [0.5, 0.6) is 0 Å². The van der Waals surface area contributed by atoms with Crippen molar-refractivity contribution in [1.29, 1.82) is 0 Å². The zero-order chi connectivity index (χ0) is 20.9. The molecule has 0 aromatic heterocycles. The number of sulfone groups is 1. The number of rotatable bonds is 6. The molecule has 6 N–H and O–H groups in total. The maximum atomic E-state index is 11.8. The second kappa shape index (κ2) is 8.54. The van der Waals surface area contributed by atoms with Crippen molar-refractivity contribution >= 4 is 56.2 Å². The molecule has 13 heteroatoms. The van der Waals surface area contributed by atoms with E-state index in [1.165, 1.54) is 36.4 Å². The minimum atomic E-state index is -3.81. The van der Waals surface area contributed by atoms with Crippen LogP contribution in [0.3, 0.4) is 0 Å². The van der Waals surface area contributed by atoms with Crippen LogP contribution in [-0.2, 0) is 9.84 Å². The summed E-state index contributed by atoms with van der Waals surface area (Å²) >= 11 is 5.38. The van der Waals surface area contributed by atoms with Crippen LogP contribution in [0.15, 0.2) is 52.4 Å². The van der Waals surface area contributed by atoms with E-state index in [4.69, 9.17) is 23.1 Å². The number of amides is 2. The van der Waals surface area contributed by atoms with Crippen LogP contribution in [-0.4, -0.2) is 30.5 Å². The molecule has 0 bridgehead atoms. The third-order valence-corrected chi connectivity index (χ3v) is 5.44. The average molecular weight is 427 g/mol. The van der Waals surface area contributed by atoms with Crippen molar-refractivity contribution < 1.29 is 18.1 Å². The van der Waals surface area contributed by atoms with Gasteiger partial charge >= 0.3 is 6.03 Å². The van der Waals surface area contributed by atoms with Gasteiger partial charge in [-0.15, -0.1) is 11.6 Å². The molecule has 2 amide bonds. The van der Waals surface area contributed by atoms with E-state index in [0.29, 0.717) is 11.4 Å². The lowest BCUT2D eigenvalue weighted by molar-refractivity contribution is -0.384. The number of halogens is 1. The Morgan fingerprint density at radius 2 is 1.75 bits per heavy atom. The van der Waals surface area contributed by atoms with Crippen molar-refractivity contribution in [2.75, 3.05) is 15.8 Å². The monoisotopic (exact) mass is 426 g/mol. The van der Waals surface area contributed by atoms with E-state index >= 15 is 0 Å². The van der Waals surface area contributed by atoms with Crippen molar-refractivity contribution in [2.24, 2.45) is 16.5 Å². The van der Waals surface area contributed by atoms with Gasteiger partial charge in [0, 0.05) is 17.4 Å². The highest BCUT2D eigenvalue weighted by molar-refractivity contribution is 7.92. The molecule has 0 aliphatic rings. The lowest BCUT2D eigenvalue weighted by Gasteiger charge is -2.10. The van der Waals surface area contributed by atoms with Crippen molar-refractivity contribution in [1.82, 2.24) is 0 Å². The fraction of sp³-hybridized carbons (Fsp3) is 0.0667. The fourth-order valence-corrected chi connectivity index (χ4v) is 3.16. The van der Waals surface area contributed by atoms with Gasteiger partial charge in [0.25, 0.3) is 5.69 Å². The second-order valence-electron chi connectivity index (χ2n) is 5.33. The summed E-state index contributed by atoms with van der Waals surface area (Å²) in [7, 11) is -3.81. The number of nitrogens with two attached hydrogens (primary N) is 2. The van der Waals surface area contributed by atoms with E-state index in [2.05, 4.69) is 15.6 Å². The number of carbonyl (C=O) groups excluding carboxylic acids is 1. The van der Waals surface area contributed by atoms with Gasteiger partial charge in [-0.05, 0) is 36.4 Å². The molecule has 0 fully saturated rings. The number of alkyl halides is 1. The van der Waals surface area contributed by atoms with Crippen LogP contribution in [0.2, 0.25) is 0 Å². The molecule has 2 aromatic rings. The summed E-state index contributed by atoms with van der Waals surface area (Å²) < 4.78 is 23.6. The van der Waals surface area contributed by atoms with Crippen LogP contribution in [0.1, 0.15) is 0 Å². The third-order valence-electron chi connectivity index (χ3n) is 3.31. The van der Waals surface area contributed by atoms with E-state index in [1.54, 1.807) is 0 Å². The maximum Gasteiger partial charge on any atom is 0.348 e. The number of hydrogen-bond acceptors (Lipinski definition) is 6. The van der Waals surface area contributed by atoms with Gasteiger partial charge in [-0.25, -0.2) is 13.2 Å². The Kier molecular flexibility index (Phi) is 6.38. The van der Waals surface area contributed by atoms with Gasteiger partial charge in [0.05, 0.1) is 9.82 Å². The van der Waals surface area contributed by atoms with E-state index in [1.807, 2.05) is 0 Å². The van der Waals surface area contributed by atoms with Crippen molar-refractivity contribution in [2.45, 2.75) is 4.90 Å². The highest BCUT2D eigenvalue weighted by Gasteiger charge is 2.21. The van der Waals surface area contributed by atoms with Gasteiger partial charge < -0.3 is 22.1 Å². The molecule has 0 spiro atoms. The smallest absolute Gasteiger partial charge is 0.348 e. The van der Waals surface area contributed by atoms with E-state index < -0.39 is 31.7 Å². The molecular weight excluding hydrogens is 412 g/mol. The number of guanidine groups is 1.